The van der Waals surface area contributed by atoms with Crippen LogP contribution in [0.2, 0.25) is 0 Å². The van der Waals surface area contributed by atoms with Gasteiger partial charge in [0.05, 0.1) is 25.9 Å². The third-order valence-electron chi connectivity index (χ3n) is 2.78. The smallest absolute Gasteiger partial charge is 0.165 e. The van der Waals surface area contributed by atoms with Crippen molar-refractivity contribution in [3.8, 4) is 5.75 Å². The van der Waals surface area contributed by atoms with E-state index in [0.29, 0.717) is 12.4 Å². The fourth-order valence-electron chi connectivity index (χ4n) is 1.90. The first-order valence-corrected chi connectivity index (χ1v) is 5.39. The maximum atomic E-state index is 13.5. The lowest BCUT2D eigenvalue weighted by Gasteiger charge is -2.29. The third-order valence-corrected chi connectivity index (χ3v) is 2.78. The quantitative estimate of drug-likeness (QED) is 0.833. The van der Waals surface area contributed by atoms with Crippen LogP contribution in [-0.2, 0) is 4.74 Å². The van der Waals surface area contributed by atoms with E-state index in [9.17, 15) is 4.39 Å². The number of ether oxygens (including phenoxy) is 2. The molecule has 2 rings (SSSR count). The van der Waals surface area contributed by atoms with Gasteiger partial charge in [0.1, 0.15) is 0 Å². The summed E-state index contributed by atoms with van der Waals surface area (Å²) in [6.45, 7) is 3.32. The molecule has 0 aliphatic carbocycles. The van der Waals surface area contributed by atoms with Crippen LogP contribution in [0.5, 0.6) is 5.75 Å². The number of halogens is 1. The predicted molar refractivity (Wildman–Crippen MR) is 59.1 cm³/mol. The lowest BCUT2D eigenvalue weighted by molar-refractivity contribution is 0.0143. The zero-order valence-corrected chi connectivity index (χ0v) is 9.50. The molecule has 0 radical (unpaired) electrons. The number of hydrogen-bond donors (Lipinski definition) is 1. The van der Waals surface area contributed by atoms with Crippen LogP contribution in [0.15, 0.2) is 18.2 Å². The van der Waals surface area contributed by atoms with Crippen molar-refractivity contribution in [1.82, 2.24) is 5.32 Å². The van der Waals surface area contributed by atoms with Crippen molar-refractivity contribution in [2.45, 2.75) is 19.1 Å². The molecule has 1 aromatic rings. The normalized spacial score (nSPS) is 25.4. The molecule has 1 aliphatic heterocycles. The maximum absolute atomic E-state index is 13.5. The number of methoxy groups -OCH3 is 1. The number of rotatable bonds is 2. The van der Waals surface area contributed by atoms with Gasteiger partial charge >= 0.3 is 0 Å². The fraction of sp³-hybridized carbons (Fsp3) is 0.500. The van der Waals surface area contributed by atoms with Gasteiger partial charge in [-0.3, -0.25) is 0 Å². The minimum Gasteiger partial charge on any atom is -0.493 e. The third kappa shape index (κ3) is 2.18. The van der Waals surface area contributed by atoms with E-state index in [0.717, 1.165) is 12.1 Å². The Morgan fingerprint density at radius 1 is 1.50 bits per heavy atom. The molecule has 1 aliphatic rings. The SMILES string of the molecule is COc1c(F)cccc1C1COC(C)CN1. The van der Waals surface area contributed by atoms with Gasteiger partial charge in [0.15, 0.2) is 11.6 Å². The van der Waals surface area contributed by atoms with Crippen LogP contribution < -0.4 is 10.1 Å². The van der Waals surface area contributed by atoms with Gasteiger partial charge < -0.3 is 14.8 Å². The number of nitrogens with one attached hydrogen (secondary N) is 1. The van der Waals surface area contributed by atoms with Crippen molar-refractivity contribution in [2.24, 2.45) is 0 Å². The van der Waals surface area contributed by atoms with E-state index in [1.165, 1.54) is 13.2 Å². The molecule has 16 heavy (non-hydrogen) atoms. The topological polar surface area (TPSA) is 30.5 Å². The van der Waals surface area contributed by atoms with Crippen molar-refractivity contribution in [2.75, 3.05) is 20.3 Å². The maximum Gasteiger partial charge on any atom is 0.165 e. The number of morpholine rings is 1. The van der Waals surface area contributed by atoms with E-state index in [4.69, 9.17) is 9.47 Å². The largest absolute Gasteiger partial charge is 0.493 e. The molecular formula is C12H16FNO2. The summed E-state index contributed by atoms with van der Waals surface area (Å²) in [4.78, 5) is 0. The minimum atomic E-state index is -0.333. The standard InChI is InChI=1S/C12H16FNO2/c1-8-6-14-11(7-16-8)9-4-3-5-10(13)12(9)15-2/h3-5,8,11,14H,6-7H2,1-2H3. The molecule has 3 nitrogen and oxygen atoms in total. The summed E-state index contributed by atoms with van der Waals surface area (Å²) in [7, 11) is 1.48. The number of benzene rings is 1. The Morgan fingerprint density at radius 2 is 2.31 bits per heavy atom. The first kappa shape index (κ1) is 11.4. The van der Waals surface area contributed by atoms with Crippen molar-refractivity contribution in [1.29, 1.82) is 0 Å². The van der Waals surface area contributed by atoms with Crippen LogP contribution in [-0.4, -0.2) is 26.4 Å². The molecule has 88 valence electrons. The van der Waals surface area contributed by atoms with E-state index >= 15 is 0 Å². The van der Waals surface area contributed by atoms with Crippen molar-refractivity contribution in [3.63, 3.8) is 0 Å². The molecule has 2 atom stereocenters. The van der Waals surface area contributed by atoms with Gasteiger partial charge in [-0.05, 0) is 13.0 Å². The van der Waals surface area contributed by atoms with Gasteiger partial charge in [0.2, 0.25) is 0 Å². The van der Waals surface area contributed by atoms with Crippen LogP contribution in [0, 0.1) is 5.82 Å². The highest BCUT2D eigenvalue weighted by Gasteiger charge is 2.23. The van der Waals surface area contributed by atoms with E-state index in [1.54, 1.807) is 6.07 Å². The van der Waals surface area contributed by atoms with E-state index in [1.807, 2.05) is 13.0 Å². The highest BCUT2D eigenvalue weighted by atomic mass is 19.1. The second-order valence-corrected chi connectivity index (χ2v) is 3.97. The van der Waals surface area contributed by atoms with E-state index in [-0.39, 0.29) is 18.0 Å². The fourth-order valence-corrected chi connectivity index (χ4v) is 1.90. The second kappa shape index (κ2) is 4.80. The molecule has 1 fully saturated rings. The highest BCUT2D eigenvalue weighted by molar-refractivity contribution is 5.37. The highest BCUT2D eigenvalue weighted by Crippen LogP contribution is 2.29. The Kier molecular flexibility index (Phi) is 3.41. The van der Waals surface area contributed by atoms with Crippen LogP contribution in [0.4, 0.5) is 4.39 Å². The molecule has 4 heteroatoms. The van der Waals surface area contributed by atoms with Crippen LogP contribution >= 0.6 is 0 Å². The molecule has 0 spiro atoms. The molecule has 1 aromatic carbocycles. The van der Waals surface area contributed by atoms with Gasteiger partial charge in [0, 0.05) is 12.1 Å². The average Bonchev–Trinajstić information content (AvgIpc) is 2.30. The summed E-state index contributed by atoms with van der Waals surface area (Å²) in [6.07, 6.45) is 0.204. The number of para-hydroxylation sites is 1. The van der Waals surface area contributed by atoms with Crippen LogP contribution in [0.3, 0.4) is 0 Å². The molecule has 1 N–H and O–H groups in total. The second-order valence-electron chi connectivity index (χ2n) is 3.97. The summed E-state index contributed by atoms with van der Waals surface area (Å²) < 4.78 is 24.1. The predicted octanol–water partition coefficient (Wildman–Crippen LogP) is 1.88. The molecule has 0 amide bonds. The van der Waals surface area contributed by atoms with Crippen LogP contribution in [0.25, 0.3) is 0 Å². The Balaban J connectivity index is 2.23. The summed E-state index contributed by atoms with van der Waals surface area (Å²) in [5, 5.41) is 3.32. The first-order valence-electron chi connectivity index (χ1n) is 5.39. The van der Waals surface area contributed by atoms with E-state index < -0.39 is 0 Å². The van der Waals surface area contributed by atoms with Gasteiger partial charge in [-0.25, -0.2) is 4.39 Å². The summed E-state index contributed by atoms with van der Waals surface area (Å²) in [5.41, 5.74) is 0.814. The van der Waals surface area contributed by atoms with Gasteiger partial charge in [-0.2, -0.15) is 0 Å². The molecule has 2 unspecified atom stereocenters. The Labute approximate surface area is 94.6 Å². The lowest BCUT2D eigenvalue weighted by atomic mass is 10.0. The Morgan fingerprint density at radius 3 is 2.94 bits per heavy atom. The van der Waals surface area contributed by atoms with Crippen LogP contribution in [0.1, 0.15) is 18.5 Å². The molecule has 1 saturated heterocycles. The Bertz CT molecular complexity index is 362. The monoisotopic (exact) mass is 225 g/mol. The minimum absolute atomic E-state index is 0.00171. The van der Waals surface area contributed by atoms with Crippen molar-refractivity contribution in [3.05, 3.63) is 29.6 Å². The summed E-state index contributed by atoms with van der Waals surface area (Å²) >= 11 is 0. The van der Waals surface area contributed by atoms with Crippen molar-refractivity contribution < 1.29 is 13.9 Å². The zero-order chi connectivity index (χ0) is 11.5. The first-order chi connectivity index (χ1) is 7.72. The molecular weight excluding hydrogens is 209 g/mol. The average molecular weight is 225 g/mol. The van der Waals surface area contributed by atoms with Gasteiger partial charge in [-0.15, -0.1) is 0 Å². The number of hydrogen-bond acceptors (Lipinski definition) is 3. The lowest BCUT2D eigenvalue weighted by Crippen LogP contribution is -2.39. The zero-order valence-electron chi connectivity index (χ0n) is 9.50. The molecule has 0 saturated carbocycles. The molecule has 0 bridgehead atoms. The van der Waals surface area contributed by atoms with E-state index in [2.05, 4.69) is 5.32 Å². The van der Waals surface area contributed by atoms with Gasteiger partial charge in [-0.1, -0.05) is 12.1 Å². The Hall–Kier alpha value is -1.13. The van der Waals surface area contributed by atoms with Crippen molar-refractivity contribution >= 4 is 0 Å². The van der Waals surface area contributed by atoms with Gasteiger partial charge in [0.25, 0.3) is 0 Å². The summed E-state index contributed by atoms with van der Waals surface area (Å²) in [5.74, 6) is -0.0291. The molecule has 1 heterocycles. The summed E-state index contributed by atoms with van der Waals surface area (Å²) in [6, 6.07) is 4.95. The molecule has 0 aromatic heterocycles.